The Hall–Kier alpha value is -3.75. The third-order valence-electron chi connectivity index (χ3n) is 4.43. The molecule has 2 aromatic rings. The topological polar surface area (TPSA) is 124 Å². The first-order valence-corrected chi connectivity index (χ1v) is 8.70. The van der Waals surface area contributed by atoms with Gasteiger partial charge in [0.2, 0.25) is 0 Å². The van der Waals surface area contributed by atoms with E-state index in [1.807, 2.05) is 0 Å². The van der Waals surface area contributed by atoms with E-state index in [4.69, 9.17) is 21.3 Å². The number of anilines is 3. The van der Waals surface area contributed by atoms with Gasteiger partial charge in [0, 0.05) is 42.3 Å². The second-order valence-electron chi connectivity index (χ2n) is 6.24. The van der Waals surface area contributed by atoms with Gasteiger partial charge < -0.3 is 26.5 Å². The summed E-state index contributed by atoms with van der Waals surface area (Å²) in [6.07, 6.45) is 3.15. The SMILES string of the molecule is CNc1cc(F)c(C(=O)Nc2ccc(N)c(C(=N)C3=CCCO3)c2)c(F)c1C=N. The van der Waals surface area contributed by atoms with Crippen molar-refractivity contribution < 1.29 is 18.3 Å². The van der Waals surface area contributed by atoms with Gasteiger partial charge in [0.1, 0.15) is 28.7 Å². The van der Waals surface area contributed by atoms with E-state index in [1.165, 1.54) is 25.2 Å². The molecule has 0 unspecified atom stereocenters. The fourth-order valence-corrected chi connectivity index (χ4v) is 2.96. The second kappa shape index (κ2) is 8.09. The van der Waals surface area contributed by atoms with Crippen molar-refractivity contribution in [3.8, 4) is 0 Å². The van der Waals surface area contributed by atoms with Crippen LogP contribution in [-0.2, 0) is 4.74 Å². The Morgan fingerprint density at radius 1 is 1.31 bits per heavy atom. The number of carbonyl (C=O) groups is 1. The van der Waals surface area contributed by atoms with Crippen molar-refractivity contribution in [2.45, 2.75) is 6.42 Å². The average molecular weight is 399 g/mol. The number of nitrogens with two attached hydrogens (primary N) is 1. The first kappa shape index (κ1) is 20.0. The molecule has 2 aromatic carbocycles. The largest absolute Gasteiger partial charge is 0.491 e. The summed E-state index contributed by atoms with van der Waals surface area (Å²) in [5.74, 6) is -2.85. The van der Waals surface area contributed by atoms with Crippen LogP contribution < -0.4 is 16.4 Å². The van der Waals surface area contributed by atoms with Crippen LogP contribution in [0.5, 0.6) is 0 Å². The molecule has 150 valence electrons. The van der Waals surface area contributed by atoms with Crippen molar-refractivity contribution in [1.82, 2.24) is 0 Å². The van der Waals surface area contributed by atoms with Crippen LogP contribution in [0, 0.1) is 22.5 Å². The summed E-state index contributed by atoms with van der Waals surface area (Å²) in [6, 6.07) is 5.33. The number of hydrogen-bond donors (Lipinski definition) is 5. The zero-order valence-corrected chi connectivity index (χ0v) is 15.5. The first-order chi connectivity index (χ1) is 13.9. The van der Waals surface area contributed by atoms with Crippen LogP contribution in [0.1, 0.15) is 27.9 Å². The Kier molecular flexibility index (Phi) is 5.58. The lowest BCUT2D eigenvalue weighted by atomic mass is 10.0. The number of ether oxygens (including phenoxy) is 1. The Morgan fingerprint density at radius 2 is 2.07 bits per heavy atom. The fourth-order valence-electron chi connectivity index (χ4n) is 2.96. The number of rotatable bonds is 6. The number of amides is 1. The molecule has 7 nitrogen and oxygen atoms in total. The molecule has 0 radical (unpaired) electrons. The van der Waals surface area contributed by atoms with E-state index >= 15 is 0 Å². The highest BCUT2D eigenvalue weighted by Gasteiger charge is 2.23. The Morgan fingerprint density at radius 3 is 2.69 bits per heavy atom. The first-order valence-electron chi connectivity index (χ1n) is 8.70. The normalized spacial score (nSPS) is 12.7. The van der Waals surface area contributed by atoms with Gasteiger partial charge in [-0.15, -0.1) is 0 Å². The molecule has 9 heteroatoms. The molecule has 0 aromatic heterocycles. The Bertz CT molecular complexity index is 1050. The zero-order valence-electron chi connectivity index (χ0n) is 15.5. The van der Waals surface area contributed by atoms with Gasteiger partial charge in [0.15, 0.2) is 0 Å². The highest BCUT2D eigenvalue weighted by Crippen LogP contribution is 2.27. The van der Waals surface area contributed by atoms with Gasteiger partial charge in [0.05, 0.1) is 12.2 Å². The minimum Gasteiger partial charge on any atom is -0.491 e. The lowest BCUT2D eigenvalue weighted by Gasteiger charge is -2.14. The monoisotopic (exact) mass is 399 g/mol. The quantitative estimate of drug-likeness (QED) is 0.377. The van der Waals surface area contributed by atoms with Crippen molar-refractivity contribution in [2.24, 2.45) is 0 Å². The molecule has 0 saturated carbocycles. The van der Waals surface area contributed by atoms with Crippen molar-refractivity contribution >= 4 is 34.9 Å². The predicted octanol–water partition coefficient (Wildman–Crippen LogP) is 3.51. The highest BCUT2D eigenvalue weighted by molar-refractivity contribution is 6.14. The molecule has 0 aliphatic carbocycles. The van der Waals surface area contributed by atoms with Crippen molar-refractivity contribution in [2.75, 3.05) is 30.0 Å². The number of hydrogen-bond acceptors (Lipinski definition) is 6. The van der Waals surface area contributed by atoms with Crippen LogP contribution >= 0.6 is 0 Å². The van der Waals surface area contributed by atoms with Crippen molar-refractivity contribution in [1.29, 1.82) is 10.8 Å². The van der Waals surface area contributed by atoms with Crippen LogP contribution in [0.3, 0.4) is 0 Å². The molecule has 1 aliphatic rings. The average Bonchev–Trinajstić information content (AvgIpc) is 3.23. The smallest absolute Gasteiger partial charge is 0.261 e. The molecule has 0 atom stereocenters. The van der Waals surface area contributed by atoms with Gasteiger partial charge in [-0.25, -0.2) is 8.78 Å². The van der Waals surface area contributed by atoms with Crippen molar-refractivity contribution in [3.63, 3.8) is 0 Å². The van der Waals surface area contributed by atoms with Crippen molar-refractivity contribution in [3.05, 3.63) is 64.4 Å². The van der Waals surface area contributed by atoms with Crippen LogP contribution in [0.25, 0.3) is 0 Å². The summed E-state index contributed by atoms with van der Waals surface area (Å²) in [5, 5.41) is 20.6. The summed E-state index contributed by atoms with van der Waals surface area (Å²) >= 11 is 0. The van der Waals surface area contributed by atoms with Crippen LogP contribution in [0.15, 0.2) is 36.1 Å². The van der Waals surface area contributed by atoms with Crippen LogP contribution in [-0.4, -0.2) is 31.5 Å². The van der Waals surface area contributed by atoms with Crippen LogP contribution in [0.4, 0.5) is 25.8 Å². The summed E-state index contributed by atoms with van der Waals surface area (Å²) in [5.41, 5.74) is 5.82. The number of nitrogen functional groups attached to an aromatic ring is 1. The van der Waals surface area contributed by atoms with Gasteiger partial charge >= 0.3 is 0 Å². The van der Waals surface area contributed by atoms with E-state index in [0.29, 0.717) is 36.3 Å². The van der Waals surface area contributed by atoms with E-state index < -0.39 is 23.1 Å². The number of halogens is 2. The van der Waals surface area contributed by atoms with Crippen LogP contribution in [0.2, 0.25) is 0 Å². The molecule has 1 amide bonds. The fraction of sp³-hybridized carbons (Fsp3) is 0.150. The second-order valence-corrected chi connectivity index (χ2v) is 6.24. The number of nitrogens with one attached hydrogen (secondary N) is 4. The molecule has 0 saturated heterocycles. The maximum atomic E-state index is 14.6. The minimum absolute atomic E-state index is 0.0536. The molecule has 3 rings (SSSR count). The predicted molar refractivity (Wildman–Crippen MR) is 108 cm³/mol. The van der Waals surface area contributed by atoms with Gasteiger partial charge in [-0.05, 0) is 30.3 Å². The summed E-state index contributed by atoms with van der Waals surface area (Å²) in [7, 11) is 1.45. The third kappa shape index (κ3) is 3.79. The maximum Gasteiger partial charge on any atom is 0.261 e. The molecule has 29 heavy (non-hydrogen) atoms. The summed E-state index contributed by atoms with van der Waals surface area (Å²) in [4.78, 5) is 12.5. The molecule has 0 spiro atoms. The molecular weight excluding hydrogens is 380 g/mol. The van der Waals surface area contributed by atoms with Gasteiger partial charge in [-0.2, -0.15) is 0 Å². The number of carbonyl (C=O) groups excluding carboxylic acids is 1. The number of benzene rings is 2. The van der Waals surface area contributed by atoms with E-state index in [9.17, 15) is 13.6 Å². The lowest BCUT2D eigenvalue weighted by Crippen LogP contribution is -2.18. The Labute approximate surface area is 165 Å². The highest BCUT2D eigenvalue weighted by atomic mass is 19.1. The van der Waals surface area contributed by atoms with E-state index in [0.717, 1.165) is 6.07 Å². The summed E-state index contributed by atoms with van der Waals surface area (Å²) in [6.45, 7) is 0.477. The zero-order chi connectivity index (χ0) is 21.1. The van der Waals surface area contributed by atoms with E-state index in [2.05, 4.69) is 10.6 Å². The third-order valence-corrected chi connectivity index (χ3v) is 4.43. The maximum absolute atomic E-state index is 14.6. The van der Waals surface area contributed by atoms with Gasteiger partial charge in [-0.1, -0.05) is 0 Å². The van der Waals surface area contributed by atoms with E-state index in [1.54, 1.807) is 6.08 Å². The van der Waals surface area contributed by atoms with Gasteiger partial charge in [0.25, 0.3) is 5.91 Å². The standard InChI is InChI=1S/C20H19F2N5O2/c1-26-15-8-13(21)17(18(22)12(15)9-23)20(28)27-10-4-5-14(24)11(7-10)19(25)16-3-2-6-29-16/h3-5,7-9,23,25-26H,2,6,24H2,1H3,(H,27,28). The van der Waals surface area contributed by atoms with E-state index in [-0.39, 0.29) is 22.6 Å². The molecule has 1 heterocycles. The molecule has 1 aliphatic heterocycles. The molecule has 0 fully saturated rings. The lowest BCUT2D eigenvalue weighted by molar-refractivity contribution is 0.101. The minimum atomic E-state index is -1.14. The molecule has 0 bridgehead atoms. The summed E-state index contributed by atoms with van der Waals surface area (Å²) < 4.78 is 34.4. The molecular formula is C20H19F2N5O2. The molecule has 6 N–H and O–H groups in total. The number of allylic oxidation sites excluding steroid dienone is 1. The van der Waals surface area contributed by atoms with Gasteiger partial charge in [-0.3, -0.25) is 10.2 Å². The Balaban J connectivity index is 1.93.